The van der Waals surface area contributed by atoms with Gasteiger partial charge in [-0.05, 0) is 60.5 Å². The quantitative estimate of drug-likeness (QED) is 0.915. The summed E-state index contributed by atoms with van der Waals surface area (Å²) in [6.45, 7) is 6.18. The van der Waals surface area contributed by atoms with Gasteiger partial charge in [0.15, 0.2) is 0 Å². The van der Waals surface area contributed by atoms with E-state index in [1.165, 1.54) is 21.6 Å². The van der Waals surface area contributed by atoms with Crippen LogP contribution in [0.4, 0.5) is 0 Å². The lowest BCUT2D eigenvalue weighted by molar-refractivity contribution is 0.288. The highest BCUT2D eigenvalue weighted by Gasteiger charge is 2.19. The molecule has 106 valence electrons. The third-order valence-corrected chi connectivity index (χ3v) is 4.92. The number of ether oxygens (including phenoxy) is 1. The van der Waals surface area contributed by atoms with Crippen molar-refractivity contribution in [2.24, 2.45) is 0 Å². The first-order chi connectivity index (χ1) is 9.79. The molecule has 1 atom stereocenters. The van der Waals surface area contributed by atoms with Crippen molar-refractivity contribution in [1.29, 1.82) is 0 Å². The van der Waals surface area contributed by atoms with E-state index in [1.54, 1.807) is 0 Å². The minimum absolute atomic E-state index is 0.298. The van der Waals surface area contributed by atoms with E-state index >= 15 is 0 Å². The number of hydrogen-bond acceptors (Lipinski definition) is 3. The average molecular weight is 287 g/mol. The van der Waals surface area contributed by atoms with Crippen molar-refractivity contribution in [1.82, 2.24) is 5.32 Å². The molecule has 1 aromatic carbocycles. The highest BCUT2D eigenvalue weighted by Crippen LogP contribution is 2.33. The standard InChI is InChI=1S/C17H21NOS/c1-3-18-16(17-12(2)8-10-20-17)14-6-7-15-13(11-14)5-4-9-19-15/h6-8,10-11,16,18H,3-5,9H2,1-2H3. The lowest BCUT2D eigenvalue weighted by Crippen LogP contribution is -2.22. The molecule has 0 radical (unpaired) electrons. The summed E-state index contributed by atoms with van der Waals surface area (Å²) in [5.41, 5.74) is 4.07. The van der Waals surface area contributed by atoms with Crippen molar-refractivity contribution in [3.63, 3.8) is 0 Å². The Labute approximate surface area is 124 Å². The van der Waals surface area contributed by atoms with E-state index in [-0.39, 0.29) is 0 Å². The van der Waals surface area contributed by atoms with Crippen LogP contribution in [-0.2, 0) is 6.42 Å². The molecular weight excluding hydrogens is 266 g/mol. The molecule has 1 aromatic heterocycles. The first-order valence-electron chi connectivity index (χ1n) is 7.32. The summed E-state index contributed by atoms with van der Waals surface area (Å²) in [6, 6.07) is 9.16. The van der Waals surface area contributed by atoms with Gasteiger partial charge in [0.2, 0.25) is 0 Å². The van der Waals surface area contributed by atoms with Gasteiger partial charge in [0.05, 0.1) is 12.6 Å². The lowest BCUT2D eigenvalue weighted by atomic mass is 9.97. The summed E-state index contributed by atoms with van der Waals surface area (Å²) >= 11 is 1.84. The van der Waals surface area contributed by atoms with Gasteiger partial charge < -0.3 is 10.1 Å². The van der Waals surface area contributed by atoms with Crippen molar-refractivity contribution in [2.45, 2.75) is 32.7 Å². The highest BCUT2D eigenvalue weighted by atomic mass is 32.1. The van der Waals surface area contributed by atoms with Crippen molar-refractivity contribution < 1.29 is 4.74 Å². The fraction of sp³-hybridized carbons (Fsp3) is 0.412. The molecule has 2 aromatic rings. The van der Waals surface area contributed by atoms with Gasteiger partial charge in [-0.15, -0.1) is 11.3 Å². The average Bonchev–Trinajstić information content (AvgIpc) is 2.90. The summed E-state index contributed by atoms with van der Waals surface area (Å²) in [5, 5.41) is 5.80. The Morgan fingerprint density at radius 3 is 3.00 bits per heavy atom. The van der Waals surface area contributed by atoms with Crippen LogP contribution in [0.5, 0.6) is 5.75 Å². The molecule has 1 unspecified atom stereocenters. The maximum absolute atomic E-state index is 5.71. The van der Waals surface area contributed by atoms with Crippen molar-refractivity contribution in [3.05, 3.63) is 51.2 Å². The smallest absolute Gasteiger partial charge is 0.122 e. The number of thiophene rings is 1. The van der Waals surface area contributed by atoms with Crippen LogP contribution in [0, 0.1) is 6.92 Å². The van der Waals surface area contributed by atoms with Crippen LogP contribution in [-0.4, -0.2) is 13.2 Å². The molecule has 0 amide bonds. The van der Waals surface area contributed by atoms with E-state index in [1.807, 2.05) is 11.3 Å². The van der Waals surface area contributed by atoms with Gasteiger partial charge in [0.25, 0.3) is 0 Å². The summed E-state index contributed by atoms with van der Waals surface area (Å²) in [4.78, 5) is 1.42. The molecule has 0 saturated heterocycles. The Balaban J connectivity index is 1.97. The molecule has 3 heteroatoms. The molecule has 2 nitrogen and oxygen atoms in total. The summed E-state index contributed by atoms with van der Waals surface area (Å²) in [6.07, 6.45) is 2.26. The van der Waals surface area contributed by atoms with E-state index in [4.69, 9.17) is 4.74 Å². The van der Waals surface area contributed by atoms with Gasteiger partial charge >= 0.3 is 0 Å². The van der Waals surface area contributed by atoms with Crippen molar-refractivity contribution >= 4 is 11.3 Å². The second-order valence-corrected chi connectivity index (χ2v) is 6.23. The third kappa shape index (κ3) is 2.60. The van der Waals surface area contributed by atoms with Gasteiger partial charge in [-0.2, -0.15) is 0 Å². The first-order valence-corrected chi connectivity index (χ1v) is 8.20. The molecule has 0 fully saturated rings. The Morgan fingerprint density at radius 1 is 1.35 bits per heavy atom. The maximum Gasteiger partial charge on any atom is 0.122 e. The number of benzene rings is 1. The highest BCUT2D eigenvalue weighted by molar-refractivity contribution is 7.10. The van der Waals surface area contributed by atoms with Gasteiger partial charge in [0, 0.05) is 4.88 Å². The van der Waals surface area contributed by atoms with Gasteiger partial charge in [-0.3, -0.25) is 0 Å². The largest absolute Gasteiger partial charge is 0.493 e. The van der Waals surface area contributed by atoms with Crippen LogP contribution in [0.2, 0.25) is 0 Å². The van der Waals surface area contributed by atoms with Crippen molar-refractivity contribution in [2.75, 3.05) is 13.2 Å². The number of fused-ring (bicyclic) bond motifs is 1. The number of rotatable bonds is 4. The molecule has 20 heavy (non-hydrogen) atoms. The second kappa shape index (κ2) is 5.98. The normalized spacial score (nSPS) is 15.5. The second-order valence-electron chi connectivity index (χ2n) is 5.28. The van der Waals surface area contributed by atoms with Crippen molar-refractivity contribution in [3.8, 4) is 5.75 Å². The predicted molar refractivity (Wildman–Crippen MR) is 84.8 cm³/mol. The van der Waals surface area contributed by atoms with Crippen LogP contribution in [0.25, 0.3) is 0 Å². The minimum atomic E-state index is 0.298. The Bertz CT molecular complexity index is 590. The number of aryl methyl sites for hydroxylation is 2. The molecule has 1 aliphatic rings. The molecule has 3 rings (SSSR count). The molecule has 0 saturated carbocycles. The van der Waals surface area contributed by atoms with Gasteiger partial charge in [0.1, 0.15) is 5.75 Å². The molecule has 0 aliphatic carbocycles. The first kappa shape index (κ1) is 13.7. The predicted octanol–water partition coefficient (Wildman–Crippen LogP) is 4.08. The van der Waals surface area contributed by atoms with Crippen LogP contribution in [0.1, 0.15) is 41.0 Å². The van der Waals surface area contributed by atoms with Crippen LogP contribution in [0.3, 0.4) is 0 Å². The molecular formula is C17H21NOS. The molecule has 1 N–H and O–H groups in total. The Morgan fingerprint density at radius 2 is 2.25 bits per heavy atom. The SMILES string of the molecule is CCNC(c1ccc2c(c1)CCCO2)c1sccc1C. The zero-order valence-electron chi connectivity index (χ0n) is 12.1. The van der Waals surface area contributed by atoms with E-state index in [0.29, 0.717) is 6.04 Å². The molecule has 2 heterocycles. The van der Waals surface area contributed by atoms with Crippen LogP contribution < -0.4 is 10.1 Å². The lowest BCUT2D eigenvalue weighted by Gasteiger charge is -2.22. The fourth-order valence-electron chi connectivity index (χ4n) is 2.81. The van der Waals surface area contributed by atoms with Gasteiger partial charge in [-0.25, -0.2) is 0 Å². The van der Waals surface area contributed by atoms with E-state index in [2.05, 4.69) is 48.8 Å². The van der Waals surface area contributed by atoms with Crippen LogP contribution >= 0.6 is 11.3 Å². The zero-order chi connectivity index (χ0) is 13.9. The maximum atomic E-state index is 5.71. The Hall–Kier alpha value is -1.32. The summed E-state index contributed by atoms with van der Waals surface area (Å²) in [7, 11) is 0. The van der Waals surface area contributed by atoms with E-state index < -0.39 is 0 Å². The van der Waals surface area contributed by atoms with E-state index in [0.717, 1.165) is 31.7 Å². The molecule has 0 spiro atoms. The minimum Gasteiger partial charge on any atom is -0.493 e. The summed E-state index contributed by atoms with van der Waals surface area (Å²) in [5.74, 6) is 1.07. The Kier molecular flexibility index (Phi) is 4.08. The zero-order valence-corrected chi connectivity index (χ0v) is 12.9. The monoisotopic (exact) mass is 287 g/mol. The fourth-order valence-corrected chi connectivity index (χ4v) is 3.83. The number of nitrogens with one attached hydrogen (secondary N) is 1. The number of hydrogen-bond donors (Lipinski definition) is 1. The molecule has 1 aliphatic heterocycles. The molecule has 0 bridgehead atoms. The van der Waals surface area contributed by atoms with Gasteiger partial charge in [-0.1, -0.05) is 19.1 Å². The third-order valence-electron chi connectivity index (χ3n) is 3.84. The van der Waals surface area contributed by atoms with E-state index in [9.17, 15) is 0 Å². The summed E-state index contributed by atoms with van der Waals surface area (Å²) < 4.78 is 5.71. The van der Waals surface area contributed by atoms with Crippen LogP contribution in [0.15, 0.2) is 29.6 Å². The topological polar surface area (TPSA) is 21.3 Å².